The first-order valence-corrected chi connectivity index (χ1v) is 11.5. The molecule has 0 amide bonds. The highest BCUT2D eigenvalue weighted by atomic mass is 32.2. The number of ketones is 1. The van der Waals surface area contributed by atoms with Crippen molar-refractivity contribution >= 4 is 23.5 Å². The zero-order valence-electron chi connectivity index (χ0n) is 18.8. The molecular formula is C26H27NO5S. The summed E-state index contributed by atoms with van der Waals surface area (Å²) < 4.78 is 10.8. The van der Waals surface area contributed by atoms with Crippen LogP contribution in [0.4, 0.5) is 0 Å². The molecule has 2 aromatic carbocycles. The van der Waals surface area contributed by atoms with Gasteiger partial charge in [-0.1, -0.05) is 55.5 Å². The quantitative estimate of drug-likeness (QED) is 0.241. The number of nitrogens with zero attached hydrogens (tertiary/aromatic N) is 1. The van der Waals surface area contributed by atoms with Crippen LogP contribution in [0.5, 0.6) is 11.5 Å². The van der Waals surface area contributed by atoms with E-state index in [9.17, 15) is 14.7 Å². The molecule has 1 aromatic heterocycles. The summed E-state index contributed by atoms with van der Waals surface area (Å²) in [5.74, 6) is -1.82. The highest BCUT2D eigenvalue weighted by Crippen LogP contribution is 2.39. The van der Waals surface area contributed by atoms with Gasteiger partial charge in [0, 0.05) is 23.6 Å². The van der Waals surface area contributed by atoms with E-state index in [1.165, 1.54) is 19.4 Å². The van der Waals surface area contributed by atoms with Crippen LogP contribution in [0.15, 0.2) is 77.8 Å². The summed E-state index contributed by atoms with van der Waals surface area (Å²) in [6.07, 6.45) is 0.800. The molecule has 0 aliphatic heterocycles. The average Bonchev–Trinajstić information content (AvgIpc) is 2.83. The van der Waals surface area contributed by atoms with Gasteiger partial charge in [-0.15, -0.1) is 11.8 Å². The molecule has 7 heteroatoms. The van der Waals surface area contributed by atoms with Gasteiger partial charge in [0.1, 0.15) is 6.10 Å². The molecular weight excluding hydrogens is 438 g/mol. The lowest BCUT2D eigenvalue weighted by Gasteiger charge is -2.25. The van der Waals surface area contributed by atoms with Gasteiger partial charge in [-0.2, -0.15) is 0 Å². The Labute approximate surface area is 198 Å². The standard InChI is InChI=1S/C26H27NO5S/c1-17(16-21(28)23-24(29)22(31-3)14-15-27-23)26(30)32-18(2)25(19-10-6-4-7-11-19)33-20-12-8-5-9-13-20/h4-15,17-18,25,29H,16H2,1-3H3/t17-,18+,25+/m1/s1. The van der Waals surface area contributed by atoms with E-state index >= 15 is 0 Å². The summed E-state index contributed by atoms with van der Waals surface area (Å²) in [7, 11) is 1.39. The Kier molecular flexibility index (Phi) is 8.49. The number of methoxy groups -OCH3 is 1. The van der Waals surface area contributed by atoms with Crippen LogP contribution in [0.3, 0.4) is 0 Å². The topological polar surface area (TPSA) is 85.7 Å². The fraction of sp³-hybridized carbons (Fsp3) is 0.269. The number of carbonyl (C=O) groups is 2. The summed E-state index contributed by atoms with van der Waals surface area (Å²) in [5, 5.41) is 10.0. The van der Waals surface area contributed by atoms with Gasteiger partial charge in [-0.3, -0.25) is 9.59 Å². The summed E-state index contributed by atoms with van der Waals surface area (Å²) >= 11 is 1.62. The lowest BCUT2D eigenvalue weighted by molar-refractivity contribution is -0.152. The highest BCUT2D eigenvalue weighted by molar-refractivity contribution is 7.99. The predicted octanol–water partition coefficient (Wildman–Crippen LogP) is 5.47. The van der Waals surface area contributed by atoms with Crippen molar-refractivity contribution in [3.8, 4) is 11.5 Å². The van der Waals surface area contributed by atoms with Crippen LogP contribution in [0.1, 0.15) is 41.6 Å². The molecule has 6 nitrogen and oxygen atoms in total. The summed E-state index contributed by atoms with van der Waals surface area (Å²) in [6.45, 7) is 3.49. The van der Waals surface area contributed by atoms with Crippen LogP contribution in [0.25, 0.3) is 0 Å². The third-order valence-electron chi connectivity index (χ3n) is 5.13. The number of hydrogen-bond acceptors (Lipinski definition) is 7. The molecule has 3 aromatic rings. The number of Topliss-reactive ketones (excluding diaryl/α,β-unsaturated/α-hetero) is 1. The van der Waals surface area contributed by atoms with Crippen molar-refractivity contribution in [1.82, 2.24) is 4.98 Å². The lowest BCUT2D eigenvalue weighted by atomic mass is 10.0. The minimum atomic E-state index is -0.703. The van der Waals surface area contributed by atoms with E-state index in [-0.39, 0.29) is 28.9 Å². The molecule has 0 aliphatic rings. The minimum absolute atomic E-state index is 0.121. The molecule has 33 heavy (non-hydrogen) atoms. The molecule has 0 saturated carbocycles. The number of rotatable bonds is 10. The molecule has 0 saturated heterocycles. The number of esters is 1. The second kappa shape index (κ2) is 11.5. The number of ether oxygens (including phenoxy) is 2. The monoisotopic (exact) mass is 465 g/mol. The number of hydrogen-bond donors (Lipinski definition) is 1. The number of pyridine rings is 1. The Morgan fingerprint density at radius 1 is 1.00 bits per heavy atom. The third-order valence-corrected chi connectivity index (χ3v) is 6.58. The molecule has 3 rings (SSSR count). The zero-order chi connectivity index (χ0) is 23.8. The number of aromatic hydroxyl groups is 1. The van der Waals surface area contributed by atoms with Crippen molar-refractivity contribution < 1.29 is 24.2 Å². The van der Waals surface area contributed by atoms with Gasteiger partial charge in [-0.05, 0) is 24.6 Å². The fourth-order valence-electron chi connectivity index (χ4n) is 3.35. The first-order valence-electron chi connectivity index (χ1n) is 10.6. The molecule has 1 heterocycles. The van der Waals surface area contributed by atoms with Gasteiger partial charge in [0.25, 0.3) is 0 Å². The predicted molar refractivity (Wildman–Crippen MR) is 128 cm³/mol. The van der Waals surface area contributed by atoms with Crippen molar-refractivity contribution in [2.75, 3.05) is 7.11 Å². The van der Waals surface area contributed by atoms with Crippen LogP contribution in [0, 0.1) is 5.92 Å². The van der Waals surface area contributed by atoms with E-state index < -0.39 is 23.8 Å². The molecule has 0 bridgehead atoms. The first kappa shape index (κ1) is 24.3. The fourth-order valence-corrected chi connectivity index (χ4v) is 4.50. The molecule has 0 unspecified atom stereocenters. The molecule has 1 N–H and O–H groups in total. The van der Waals surface area contributed by atoms with Crippen LogP contribution < -0.4 is 4.74 Å². The van der Waals surface area contributed by atoms with Crippen molar-refractivity contribution in [1.29, 1.82) is 0 Å². The van der Waals surface area contributed by atoms with E-state index in [4.69, 9.17) is 9.47 Å². The van der Waals surface area contributed by atoms with E-state index in [1.807, 2.05) is 67.6 Å². The van der Waals surface area contributed by atoms with E-state index in [0.29, 0.717) is 0 Å². The Morgan fingerprint density at radius 3 is 2.27 bits per heavy atom. The molecule has 0 radical (unpaired) electrons. The third kappa shape index (κ3) is 6.35. The largest absolute Gasteiger partial charge is 0.503 e. The maximum atomic E-state index is 12.8. The summed E-state index contributed by atoms with van der Waals surface area (Å²) in [4.78, 5) is 30.5. The van der Waals surface area contributed by atoms with Gasteiger partial charge in [0.05, 0.1) is 18.3 Å². The van der Waals surface area contributed by atoms with Crippen molar-refractivity contribution in [2.24, 2.45) is 5.92 Å². The SMILES string of the molecule is COc1ccnc(C(=O)C[C@@H](C)C(=O)O[C@@H](C)[C@H](Sc2ccccc2)c2ccccc2)c1O. The van der Waals surface area contributed by atoms with Crippen LogP contribution in [0.2, 0.25) is 0 Å². The van der Waals surface area contributed by atoms with E-state index in [0.717, 1.165) is 10.5 Å². The van der Waals surface area contributed by atoms with Crippen molar-refractivity contribution in [3.05, 3.63) is 84.2 Å². The minimum Gasteiger partial charge on any atom is -0.503 e. The molecule has 0 fully saturated rings. The number of aromatic nitrogens is 1. The Hall–Kier alpha value is -3.32. The van der Waals surface area contributed by atoms with Gasteiger partial charge < -0.3 is 14.6 Å². The molecule has 0 aliphatic carbocycles. The Balaban J connectivity index is 1.69. The lowest BCUT2D eigenvalue weighted by Crippen LogP contribution is -2.26. The smallest absolute Gasteiger partial charge is 0.309 e. The van der Waals surface area contributed by atoms with Crippen LogP contribution >= 0.6 is 11.8 Å². The number of carbonyl (C=O) groups excluding carboxylic acids is 2. The Morgan fingerprint density at radius 2 is 1.64 bits per heavy atom. The van der Waals surface area contributed by atoms with Gasteiger partial charge >= 0.3 is 5.97 Å². The summed E-state index contributed by atoms with van der Waals surface area (Å²) in [5.41, 5.74) is 0.921. The van der Waals surface area contributed by atoms with Crippen LogP contribution in [-0.4, -0.2) is 35.1 Å². The normalized spacial score (nSPS) is 13.5. The average molecular weight is 466 g/mol. The van der Waals surface area contributed by atoms with Gasteiger partial charge in [-0.25, -0.2) is 4.98 Å². The van der Waals surface area contributed by atoms with E-state index in [2.05, 4.69) is 4.98 Å². The molecule has 0 spiro atoms. The summed E-state index contributed by atoms with van der Waals surface area (Å²) in [6, 6.07) is 21.3. The van der Waals surface area contributed by atoms with Crippen LogP contribution in [-0.2, 0) is 9.53 Å². The Bertz CT molecular complexity index is 1070. The van der Waals surface area contributed by atoms with Crippen molar-refractivity contribution in [2.45, 2.75) is 36.5 Å². The number of thioether (sulfide) groups is 1. The number of benzene rings is 2. The highest BCUT2D eigenvalue weighted by Gasteiger charge is 2.28. The maximum Gasteiger partial charge on any atom is 0.309 e. The zero-order valence-corrected chi connectivity index (χ0v) is 19.6. The van der Waals surface area contributed by atoms with Gasteiger partial charge in [0.15, 0.2) is 23.0 Å². The molecule has 172 valence electrons. The first-order chi connectivity index (χ1) is 15.9. The molecule has 3 atom stereocenters. The second-order valence-electron chi connectivity index (χ2n) is 7.64. The van der Waals surface area contributed by atoms with E-state index in [1.54, 1.807) is 18.7 Å². The van der Waals surface area contributed by atoms with Gasteiger partial charge in [0.2, 0.25) is 0 Å². The maximum absolute atomic E-state index is 12.8. The second-order valence-corrected chi connectivity index (χ2v) is 8.86. The van der Waals surface area contributed by atoms with Crippen molar-refractivity contribution in [3.63, 3.8) is 0 Å².